The van der Waals surface area contributed by atoms with Crippen LogP contribution >= 0.6 is 0 Å². The van der Waals surface area contributed by atoms with E-state index in [-0.39, 0.29) is 24.1 Å². The summed E-state index contributed by atoms with van der Waals surface area (Å²) in [4.78, 5) is 11.8. The maximum Gasteiger partial charge on any atom is 0.249 e. The molecule has 17 heavy (non-hydrogen) atoms. The van der Waals surface area contributed by atoms with Crippen LogP contribution in [0.25, 0.3) is 0 Å². The highest BCUT2D eigenvalue weighted by Crippen LogP contribution is 2.21. The second kappa shape index (κ2) is 6.97. The average Bonchev–Trinajstić information content (AvgIpc) is 2.64. The third kappa shape index (κ3) is 4.64. The van der Waals surface area contributed by atoms with Gasteiger partial charge in [0.05, 0.1) is 6.10 Å². The Morgan fingerprint density at radius 3 is 2.71 bits per heavy atom. The molecule has 4 atom stereocenters. The van der Waals surface area contributed by atoms with Crippen LogP contribution in [0.1, 0.15) is 52.9 Å². The number of hydrogen-bond acceptors (Lipinski definition) is 3. The first-order chi connectivity index (χ1) is 8.04. The molecule has 0 aliphatic heterocycles. The number of nitrogens with one attached hydrogen (secondary N) is 1. The number of amides is 1. The van der Waals surface area contributed by atoms with Gasteiger partial charge in [-0.05, 0) is 39.5 Å². The van der Waals surface area contributed by atoms with Gasteiger partial charge in [-0.3, -0.25) is 4.79 Å². The predicted octanol–water partition coefficient (Wildman–Crippen LogP) is 1.58. The quantitative estimate of drug-likeness (QED) is 0.743. The van der Waals surface area contributed by atoms with Crippen LogP contribution < -0.4 is 11.1 Å². The Morgan fingerprint density at radius 2 is 2.18 bits per heavy atom. The summed E-state index contributed by atoms with van der Waals surface area (Å²) >= 11 is 0. The van der Waals surface area contributed by atoms with Crippen LogP contribution in [-0.4, -0.2) is 30.2 Å². The fourth-order valence-corrected chi connectivity index (χ4v) is 2.31. The van der Waals surface area contributed by atoms with Crippen molar-refractivity contribution in [1.29, 1.82) is 0 Å². The van der Waals surface area contributed by atoms with Gasteiger partial charge in [-0.25, -0.2) is 0 Å². The fourth-order valence-electron chi connectivity index (χ4n) is 2.31. The second-order valence-corrected chi connectivity index (χ2v) is 5.11. The van der Waals surface area contributed by atoms with Crippen molar-refractivity contribution < 1.29 is 9.53 Å². The molecule has 0 aromatic carbocycles. The molecule has 0 saturated heterocycles. The summed E-state index contributed by atoms with van der Waals surface area (Å²) in [5.41, 5.74) is 5.92. The largest absolute Gasteiger partial charge is 0.364 e. The van der Waals surface area contributed by atoms with E-state index in [2.05, 4.69) is 12.2 Å². The summed E-state index contributed by atoms with van der Waals surface area (Å²) in [6, 6.07) is 0.314. The van der Waals surface area contributed by atoms with Crippen LogP contribution in [0.15, 0.2) is 0 Å². The molecule has 4 heteroatoms. The number of ether oxygens (including phenoxy) is 1. The number of carbonyl (C=O) groups excluding carboxylic acids is 1. The van der Waals surface area contributed by atoms with Gasteiger partial charge in [-0.2, -0.15) is 0 Å². The van der Waals surface area contributed by atoms with Crippen molar-refractivity contribution in [2.24, 2.45) is 5.73 Å². The SMILES string of the molecule is CCCC(C)NC(=O)C(C)OC1CCCC1N. The lowest BCUT2D eigenvalue weighted by molar-refractivity contribution is -0.136. The van der Waals surface area contributed by atoms with Gasteiger partial charge >= 0.3 is 0 Å². The highest BCUT2D eigenvalue weighted by molar-refractivity contribution is 5.80. The Balaban J connectivity index is 2.31. The van der Waals surface area contributed by atoms with E-state index in [1.807, 2.05) is 6.92 Å². The van der Waals surface area contributed by atoms with E-state index >= 15 is 0 Å². The first kappa shape index (κ1) is 14.5. The van der Waals surface area contributed by atoms with Crippen molar-refractivity contribution in [2.45, 2.75) is 77.2 Å². The first-order valence-electron chi connectivity index (χ1n) is 6.76. The Hall–Kier alpha value is -0.610. The van der Waals surface area contributed by atoms with Gasteiger partial charge < -0.3 is 15.8 Å². The zero-order valence-electron chi connectivity index (χ0n) is 11.2. The molecule has 4 unspecified atom stereocenters. The normalized spacial score (nSPS) is 27.8. The van der Waals surface area contributed by atoms with Crippen molar-refractivity contribution in [3.05, 3.63) is 0 Å². The summed E-state index contributed by atoms with van der Waals surface area (Å²) < 4.78 is 5.73. The fraction of sp³-hybridized carbons (Fsp3) is 0.923. The van der Waals surface area contributed by atoms with Gasteiger partial charge in [-0.1, -0.05) is 13.3 Å². The van der Waals surface area contributed by atoms with Gasteiger partial charge in [0, 0.05) is 12.1 Å². The minimum Gasteiger partial charge on any atom is -0.364 e. The average molecular weight is 242 g/mol. The van der Waals surface area contributed by atoms with Crippen LogP contribution in [-0.2, 0) is 9.53 Å². The molecule has 3 N–H and O–H groups in total. The maximum atomic E-state index is 11.8. The molecule has 1 aliphatic rings. The number of rotatable bonds is 6. The summed E-state index contributed by atoms with van der Waals surface area (Å²) in [5, 5.41) is 2.96. The van der Waals surface area contributed by atoms with E-state index in [4.69, 9.17) is 10.5 Å². The van der Waals surface area contributed by atoms with E-state index in [1.165, 1.54) is 0 Å². The van der Waals surface area contributed by atoms with Crippen LogP contribution in [0.3, 0.4) is 0 Å². The lowest BCUT2D eigenvalue weighted by Crippen LogP contribution is -2.43. The molecular formula is C13H26N2O2. The van der Waals surface area contributed by atoms with Gasteiger partial charge in [0.1, 0.15) is 6.10 Å². The maximum absolute atomic E-state index is 11.8. The topological polar surface area (TPSA) is 64.3 Å². The molecule has 0 spiro atoms. The standard InChI is InChI=1S/C13H26N2O2/c1-4-6-9(2)15-13(16)10(3)17-12-8-5-7-11(12)14/h9-12H,4-8,14H2,1-3H3,(H,15,16). The van der Waals surface area contributed by atoms with Crippen molar-refractivity contribution in [3.8, 4) is 0 Å². The number of carbonyl (C=O) groups is 1. The third-order valence-electron chi connectivity index (χ3n) is 3.36. The van der Waals surface area contributed by atoms with Crippen LogP contribution in [0, 0.1) is 0 Å². The van der Waals surface area contributed by atoms with Gasteiger partial charge in [0.15, 0.2) is 0 Å². The van der Waals surface area contributed by atoms with Crippen molar-refractivity contribution in [3.63, 3.8) is 0 Å². The molecule has 1 amide bonds. The molecule has 4 nitrogen and oxygen atoms in total. The van der Waals surface area contributed by atoms with Crippen molar-refractivity contribution in [2.75, 3.05) is 0 Å². The Kier molecular flexibility index (Phi) is 5.92. The summed E-state index contributed by atoms with van der Waals surface area (Å²) in [6.07, 6.45) is 4.81. The smallest absolute Gasteiger partial charge is 0.249 e. The van der Waals surface area contributed by atoms with E-state index < -0.39 is 6.10 Å². The first-order valence-corrected chi connectivity index (χ1v) is 6.76. The molecule has 0 aromatic heterocycles. The minimum atomic E-state index is -0.400. The molecule has 0 radical (unpaired) electrons. The van der Waals surface area contributed by atoms with Crippen LogP contribution in [0.4, 0.5) is 0 Å². The Labute approximate surface area is 104 Å². The zero-order valence-corrected chi connectivity index (χ0v) is 11.2. The molecule has 1 saturated carbocycles. The molecule has 1 rings (SSSR count). The van der Waals surface area contributed by atoms with Crippen molar-refractivity contribution in [1.82, 2.24) is 5.32 Å². The predicted molar refractivity (Wildman–Crippen MR) is 68.7 cm³/mol. The van der Waals surface area contributed by atoms with E-state index in [1.54, 1.807) is 6.92 Å². The molecular weight excluding hydrogens is 216 g/mol. The molecule has 100 valence electrons. The summed E-state index contributed by atoms with van der Waals surface area (Å²) in [6.45, 7) is 5.94. The Morgan fingerprint density at radius 1 is 1.47 bits per heavy atom. The van der Waals surface area contributed by atoms with Gasteiger partial charge in [0.25, 0.3) is 0 Å². The van der Waals surface area contributed by atoms with Crippen LogP contribution in [0.5, 0.6) is 0 Å². The van der Waals surface area contributed by atoms with Gasteiger partial charge in [0.2, 0.25) is 5.91 Å². The lowest BCUT2D eigenvalue weighted by atomic mass is 10.2. The Bertz CT molecular complexity index is 246. The minimum absolute atomic E-state index is 0.0231. The zero-order chi connectivity index (χ0) is 12.8. The van der Waals surface area contributed by atoms with E-state index in [9.17, 15) is 4.79 Å². The van der Waals surface area contributed by atoms with Gasteiger partial charge in [-0.15, -0.1) is 0 Å². The summed E-state index contributed by atoms with van der Waals surface area (Å²) in [7, 11) is 0. The number of hydrogen-bond donors (Lipinski definition) is 2. The highest BCUT2D eigenvalue weighted by Gasteiger charge is 2.28. The van der Waals surface area contributed by atoms with E-state index in [0.717, 1.165) is 32.1 Å². The second-order valence-electron chi connectivity index (χ2n) is 5.11. The van der Waals surface area contributed by atoms with E-state index in [0.29, 0.717) is 0 Å². The highest BCUT2D eigenvalue weighted by atomic mass is 16.5. The summed E-state index contributed by atoms with van der Waals surface area (Å²) in [5.74, 6) is -0.0231. The lowest BCUT2D eigenvalue weighted by Gasteiger charge is -2.22. The van der Waals surface area contributed by atoms with Crippen LogP contribution in [0.2, 0.25) is 0 Å². The molecule has 1 aliphatic carbocycles. The molecule has 0 aromatic rings. The molecule has 0 bridgehead atoms. The molecule has 0 heterocycles. The monoisotopic (exact) mass is 242 g/mol. The molecule has 1 fully saturated rings. The number of nitrogens with two attached hydrogens (primary N) is 1. The van der Waals surface area contributed by atoms with Crippen molar-refractivity contribution >= 4 is 5.91 Å². The third-order valence-corrected chi connectivity index (χ3v) is 3.36.